The molecule has 19 heavy (non-hydrogen) atoms. The number of aromatic nitrogens is 1. The number of halogens is 1. The Balaban J connectivity index is 2.84. The molecule has 0 radical (unpaired) electrons. The van der Waals surface area contributed by atoms with Crippen molar-refractivity contribution in [2.75, 3.05) is 13.2 Å². The Hall–Kier alpha value is -0.640. The molecule has 2 atom stereocenters. The van der Waals surface area contributed by atoms with E-state index in [1.54, 1.807) is 12.4 Å². The molecule has 4 heteroatoms. The molecule has 0 amide bonds. The SMILES string of the molecule is CCNC(Cc1ccncc1Cl)C(OCC)C(C)C. The minimum absolute atomic E-state index is 0.189. The average molecular weight is 285 g/mol. The number of nitrogens with one attached hydrogen (secondary N) is 1. The highest BCUT2D eigenvalue weighted by molar-refractivity contribution is 6.31. The molecule has 1 rings (SSSR count). The van der Waals surface area contributed by atoms with Crippen LogP contribution in [0.1, 0.15) is 33.3 Å². The van der Waals surface area contributed by atoms with E-state index < -0.39 is 0 Å². The van der Waals surface area contributed by atoms with Crippen molar-refractivity contribution in [2.24, 2.45) is 5.92 Å². The number of likely N-dealkylation sites (N-methyl/N-ethyl adjacent to an activating group) is 1. The molecule has 0 spiro atoms. The first kappa shape index (κ1) is 16.4. The number of hydrogen-bond acceptors (Lipinski definition) is 3. The van der Waals surface area contributed by atoms with Crippen LogP contribution in [0.25, 0.3) is 0 Å². The molecule has 0 saturated carbocycles. The molecule has 0 aliphatic carbocycles. The third-order valence-corrected chi connectivity index (χ3v) is 3.52. The van der Waals surface area contributed by atoms with E-state index in [1.807, 2.05) is 13.0 Å². The Labute approximate surface area is 121 Å². The van der Waals surface area contributed by atoms with Crippen LogP contribution < -0.4 is 5.32 Å². The molecule has 0 aliphatic heterocycles. The van der Waals surface area contributed by atoms with Gasteiger partial charge in [-0.15, -0.1) is 0 Å². The highest BCUT2D eigenvalue weighted by atomic mass is 35.5. The van der Waals surface area contributed by atoms with E-state index in [0.717, 1.165) is 30.2 Å². The minimum Gasteiger partial charge on any atom is -0.377 e. The lowest BCUT2D eigenvalue weighted by Gasteiger charge is -2.31. The quantitative estimate of drug-likeness (QED) is 0.795. The van der Waals surface area contributed by atoms with Crippen LogP contribution in [0.5, 0.6) is 0 Å². The fraction of sp³-hybridized carbons (Fsp3) is 0.667. The summed E-state index contributed by atoms with van der Waals surface area (Å²) >= 11 is 6.20. The van der Waals surface area contributed by atoms with Crippen LogP contribution in [-0.2, 0) is 11.2 Å². The maximum atomic E-state index is 6.20. The fourth-order valence-electron chi connectivity index (χ4n) is 2.34. The van der Waals surface area contributed by atoms with E-state index in [9.17, 15) is 0 Å². The zero-order chi connectivity index (χ0) is 14.3. The number of hydrogen-bond donors (Lipinski definition) is 1. The molecule has 108 valence electrons. The molecule has 1 aromatic rings. The summed E-state index contributed by atoms with van der Waals surface area (Å²) in [6.07, 6.45) is 4.53. The van der Waals surface area contributed by atoms with E-state index >= 15 is 0 Å². The minimum atomic E-state index is 0.189. The van der Waals surface area contributed by atoms with Crippen LogP contribution in [-0.4, -0.2) is 30.3 Å². The first-order chi connectivity index (χ1) is 9.10. The molecule has 2 unspecified atom stereocenters. The number of ether oxygens (including phenoxy) is 1. The standard InChI is InChI=1S/C15H25ClN2O/c1-5-18-14(15(11(3)4)19-6-2)9-12-7-8-17-10-13(12)16/h7-8,10-11,14-15,18H,5-6,9H2,1-4H3. The zero-order valence-electron chi connectivity index (χ0n) is 12.3. The van der Waals surface area contributed by atoms with Crippen molar-refractivity contribution in [1.29, 1.82) is 0 Å². The summed E-state index contributed by atoms with van der Waals surface area (Å²) in [6, 6.07) is 2.25. The van der Waals surface area contributed by atoms with Crippen LogP contribution in [0.3, 0.4) is 0 Å². The van der Waals surface area contributed by atoms with Crippen molar-refractivity contribution < 1.29 is 4.74 Å². The van der Waals surface area contributed by atoms with Gasteiger partial charge in [0.2, 0.25) is 0 Å². The number of nitrogens with zero attached hydrogens (tertiary/aromatic N) is 1. The Morgan fingerprint density at radius 3 is 2.63 bits per heavy atom. The summed E-state index contributed by atoms with van der Waals surface area (Å²) in [6.45, 7) is 10.2. The lowest BCUT2D eigenvalue weighted by atomic mass is 9.94. The molecule has 1 aromatic heterocycles. The predicted octanol–water partition coefficient (Wildman–Crippen LogP) is 3.32. The van der Waals surface area contributed by atoms with Crippen molar-refractivity contribution in [1.82, 2.24) is 10.3 Å². The molecule has 3 nitrogen and oxygen atoms in total. The Bertz CT molecular complexity index is 371. The molecule has 0 bridgehead atoms. The predicted molar refractivity (Wildman–Crippen MR) is 80.7 cm³/mol. The summed E-state index contributed by atoms with van der Waals surface area (Å²) in [5.41, 5.74) is 1.12. The normalized spacial score (nSPS) is 14.6. The molecule has 1 N–H and O–H groups in total. The molecule has 0 aromatic carbocycles. The van der Waals surface area contributed by atoms with E-state index in [0.29, 0.717) is 5.92 Å². The zero-order valence-corrected chi connectivity index (χ0v) is 13.1. The Morgan fingerprint density at radius 1 is 1.37 bits per heavy atom. The van der Waals surface area contributed by atoms with Gasteiger partial charge in [0.25, 0.3) is 0 Å². The van der Waals surface area contributed by atoms with Gasteiger partial charge in [0, 0.05) is 25.0 Å². The van der Waals surface area contributed by atoms with Gasteiger partial charge in [-0.25, -0.2) is 0 Å². The van der Waals surface area contributed by atoms with Crippen LogP contribution in [0, 0.1) is 5.92 Å². The van der Waals surface area contributed by atoms with Crippen molar-refractivity contribution in [3.8, 4) is 0 Å². The average Bonchev–Trinajstić information content (AvgIpc) is 2.37. The van der Waals surface area contributed by atoms with Gasteiger partial charge in [0.05, 0.1) is 11.1 Å². The molecular weight excluding hydrogens is 260 g/mol. The van der Waals surface area contributed by atoms with Crippen molar-refractivity contribution in [2.45, 2.75) is 46.3 Å². The summed E-state index contributed by atoms with van der Waals surface area (Å²) in [4.78, 5) is 4.03. The highest BCUT2D eigenvalue weighted by Gasteiger charge is 2.25. The summed E-state index contributed by atoms with van der Waals surface area (Å²) < 4.78 is 5.91. The van der Waals surface area contributed by atoms with E-state index in [2.05, 4.69) is 31.1 Å². The van der Waals surface area contributed by atoms with Crippen LogP contribution in [0.2, 0.25) is 5.02 Å². The molecule has 0 saturated heterocycles. The molecule has 0 fully saturated rings. The van der Waals surface area contributed by atoms with Crippen LogP contribution in [0.15, 0.2) is 18.5 Å². The molecular formula is C15H25ClN2O. The first-order valence-electron chi connectivity index (χ1n) is 7.03. The van der Waals surface area contributed by atoms with Gasteiger partial charge < -0.3 is 10.1 Å². The van der Waals surface area contributed by atoms with Gasteiger partial charge in [-0.05, 0) is 37.4 Å². The van der Waals surface area contributed by atoms with Crippen LogP contribution >= 0.6 is 11.6 Å². The second-order valence-electron chi connectivity index (χ2n) is 5.00. The molecule has 1 heterocycles. The molecule has 0 aliphatic rings. The second kappa shape index (κ2) is 8.51. The van der Waals surface area contributed by atoms with Gasteiger partial charge in [-0.2, -0.15) is 0 Å². The number of rotatable bonds is 8. The van der Waals surface area contributed by atoms with E-state index in [1.165, 1.54) is 0 Å². The Kier molecular flexibility index (Phi) is 7.36. The fourth-order valence-corrected chi connectivity index (χ4v) is 2.54. The maximum Gasteiger partial charge on any atom is 0.0753 e. The summed E-state index contributed by atoms with van der Waals surface area (Å²) in [5, 5.41) is 4.25. The maximum absolute atomic E-state index is 6.20. The van der Waals surface area contributed by atoms with Crippen LogP contribution in [0.4, 0.5) is 0 Å². The summed E-state index contributed by atoms with van der Waals surface area (Å²) in [7, 11) is 0. The third-order valence-electron chi connectivity index (χ3n) is 3.18. The lowest BCUT2D eigenvalue weighted by molar-refractivity contribution is 0.00396. The van der Waals surface area contributed by atoms with E-state index in [-0.39, 0.29) is 12.1 Å². The van der Waals surface area contributed by atoms with Gasteiger partial charge in [-0.3, -0.25) is 4.98 Å². The van der Waals surface area contributed by atoms with Gasteiger partial charge in [0.1, 0.15) is 0 Å². The number of pyridine rings is 1. The third kappa shape index (κ3) is 5.09. The van der Waals surface area contributed by atoms with Crippen molar-refractivity contribution in [3.05, 3.63) is 29.0 Å². The van der Waals surface area contributed by atoms with E-state index in [4.69, 9.17) is 16.3 Å². The van der Waals surface area contributed by atoms with Crippen molar-refractivity contribution in [3.63, 3.8) is 0 Å². The largest absolute Gasteiger partial charge is 0.377 e. The topological polar surface area (TPSA) is 34.2 Å². The Morgan fingerprint density at radius 2 is 2.11 bits per heavy atom. The summed E-state index contributed by atoms with van der Waals surface area (Å²) in [5.74, 6) is 0.463. The monoisotopic (exact) mass is 284 g/mol. The van der Waals surface area contributed by atoms with Gasteiger partial charge >= 0.3 is 0 Å². The lowest BCUT2D eigenvalue weighted by Crippen LogP contribution is -2.45. The highest BCUT2D eigenvalue weighted by Crippen LogP contribution is 2.20. The van der Waals surface area contributed by atoms with Gasteiger partial charge in [0.15, 0.2) is 0 Å². The first-order valence-corrected chi connectivity index (χ1v) is 7.41. The van der Waals surface area contributed by atoms with Crippen molar-refractivity contribution >= 4 is 11.6 Å². The second-order valence-corrected chi connectivity index (χ2v) is 5.41. The van der Waals surface area contributed by atoms with Gasteiger partial charge in [-0.1, -0.05) is 32.4 Å². The smallest absolute Gasteiger partial charge is 0.0753 e.